The van der Waals surface area contributed by atoms with Crippen LogP contribution in [-0.4, -0.2) is 99.6 Å². The molecule has 79 heavy (non-hydrogen) atoms. The van der Waals surface area contributed by atoms with Gasteiger partial charge in [0.2, 0.25) is 5.91 Å². The molecule has 0 bridgehead atoms. The van der Waals surface area contributed by atoms with E-state index in [1.165, 1.54) is 154 Å². The molecule has 1 heterocycles. The average Bonchev–Trinajstić information content (AvgIpc) is 3.47. The Labute approximate surface area is 483 Å². The Hall–Kier alpha value is -2.90. The first-order chi connectivity index (χ1) is 38.7. The van der Waals surface area contributed by atoms with Crippen molar-refractivity contribution >= 4 is 11.9 Å². The van der Waals surface area contributed by atoms with Crippen LogP contribution < -0.4 is 5.32 Å². The highest BCUT2D eigenvalue weighted by Gasteiger charge is 2.47. The van der Waals surface area contributed by atoms with E-state index in [0.717, 1.165) is 83.5 Å². The summed E-state index contributed by atoms with van der Waals surface area (Å²) >= 11 is 0. The molecule has 1 aliphatic rings. The van der Waals surface area contributed by atoms with E-state index < -0.39 is 67.4 Å². The first kappa shape index (κ1) is 74.1. The zero-order chi connectivity index (χ0) is 57.5. The smallest absolute Gasteiger partial charge is 0.306 e. The van der Waals surface area contributed by atoms with E-state index in [0.29, 0.717) is 12.8 Å². The standard InChI is InChI=1S/C68H121NO10/c1-4-7-10-13-16-19-22-24-25-26-27-28-29-30-31-32-33-34-35-36-37-38-41-44-47-50-53-56-63(73)79-66-65(75)64(74)62(57-70)78-68(66)77-58-59(60(71)54-51-48-45-42-39-21-18-15-12-9-6-3)69-67(76)61(72)55-52-49-46-43-40-23-20-17-14-11-8-5-2/h16,19,24-25,27-28,30-31,40,43,51,54,59-62,64-66,68,70-72,74-75H,4-15,17-18,20-23,26,29,32-39,41-42,44-50,52-53,55-58H2,1-3H3,(H,69,76)/b19-16-,25-24-,28-27-,31-30-,43-40-,54-51+. The van der Waals surface area contributed by atoms with Gasteiger partial charge in [-0.25, -0.2) is 0 Å². The molecule has 0 saturated carbocycles. The molecule has 0 radical (unpaired) electrons. The maximum atomic E-state index is 13.4. The highest BCUT2D eigenvalue weighted by Crippen LogP contribution is 2.26. The maximum absolute atomic E-state index is 13.4. The van der Waals surface area contributed by atoms with Crippen LogP contribution in [-0.2, 0) is 23.8 Å². The van der Waals surface area contributed by atoms with Crippen molar-refractivity contribution in [2.75, 3.05) is 13.2 Å². The lowest BCUT2D eigenvalue weighted by Crippen LogP contribution is -2.61. The zero-order valence-electron chi connectivity index (χ0n) is 50.7. The minimum absolute atomic E-state index is 0.116. The van der Waals surface area contributed by atoms with E-state index in [-0.39, 0.29) is 19.4 Å². The molecule has 458 valence electrons. The Morgan fingerprint density at radius 3 is 1.34 bits per heavy atom. The Kier molecular flexibility index (Phi) is 52.2. The zero-order valence-corrected chi connectivity index (χ0v) is 50.7. The maximum Gasteiger partial charge on any atom is 0.306 e. The van der Waals surface area contributed by atoms with Gasteiger partial charge in [-0.05, 0) is 96.3 Å². The van der Waals surface area contributed by atoms with Crippen molar-refractivity contribution in [3.63, 3.8) is 0 Å². The van der Waals surface area contributed by atoms with Gasteiger partial charge in [-0.2, -0.15) is 0 Å². The lowest BCUT2D eigenvalue weighted by molar-refractivity contribution is -0.305. The fraction of sp³-hybridized carbons (Fsp3) is 0.794. The van der Waals surface area contributed by atoms with Gasteiger partial charge in [-0.3, -0.25) is 9.59 Å². The molecule has 1 aliphatic heterocycles. The summed E-state index contributed by atoms with van der Waals surface area (Å²) in [7, 11) is 0. The summed E-state index contributed by atoms with van der Waals surface area (Å²) in [5, 5.41) is 56.9. The minimum Gasteiger partial charge on any atom is -0.454 e. The van der Waals surface area contributed by atoms with Crippen LogP contribution in [0, 0.1) is 0 Å². The molecule has 1 fully saturated rings. The molecule has 0 aliphatic carbocycles. The van der Waals surface area contributed by atoms with Gasteiger partial charge in [0.05, 0.1) is 25.4 Å². The number of carbonyl (C=O) groups is 2. The van der Waals surface area contributed by atoms with Crippen LogP contribution in [0.3, 0.4) is 0 Å². The van der Waals surface area contributed by atoms with Crippen molar-refractivity contribution in [3.05, 3.63) is 72.9 Å². The molecular weight excluding hydrogens is 991 g/mol. The van der Waals surface area contributed by atoms with Gasteiger partial charge in [-0.15, -0.1) is 0 Å². The average molecular weight is 1110 g/mol. The number of hydrogen-bond donors (Lipinski definition) is 6. The molecule has 1 rings (SSSR count). The van der Waals surface area contributed by atoms with Crippen molar-refractivity contribution in [2.45, 2.75) is 333 Å². The molecule has 0 aromatic carbocycles. The molecule has 1 saturated heterocycles. The summed E-state index contributed by atoms with van der Waals surface area (Å²) in [6.45, 7) is 5.73. The van der Waals surface area contributed by atoms with Gasteiger partial charge in [0.1, 0.15) is 24.4 Å². The van der Waals surface area contributed by atoms with E-state index in [1.54, 1.807) is 6.08 Å². The number of unbranched alkanes of at least 4 members (excludes halogenated alkanes) is 31. The Bertz CT molecular complexity index is 1560. The van der Waals surface area contributed by atoms with Crippen LogP contribution in [0.25, 0.3) is 0 Å². The van der Waals surface area contributed by atoms with E-state index in [9.17, 15) is 35.1 Å². The number of ether oxygens (including phenoxy) is 3. The first-order valence-corrected chi connectivity index (χ1v) is 32.7. The summed E-state index contributed by atoms with van der Waals surface area (Å²) in [6, 6.07) is -1.03. The Morgan fingerprint density at radius 2 is 0.873 bits per heavy atom. The summed E-state index contributed by atoms with van der Waals surface area (Å²) in [5.41, 5.74) is 0. The van der Waals surface area contributed by atoms with E-state index in [1.807, 2.05) is 6.08 Å². The number of allylic oxidation sites excluding steroid dienone is 11. The van der Waals surface area contributed by atoms with Crippen molar-refractivity contribution in [3.8, 4) is 0 Å². The van der Waals surface area contributed by atoms with Gasteiger partial charge in [0.15, 0.2) is 12.4 Å². The Morgan fingerprint density at radius 1 is 0.494 bits per heavy atom. The molecule has 0 aromatic rings. The second-order valence-electron chi connectivity index (χ2n) is 22.5. The Balaban J connectivity index is 2.55. The number of aliphatic hydroxyl groups excluding tert-OH is 5. The fourth-order valence-corrected chi connectivity index (χ4v) is 9.86. The first-order valence-electron chi connectivity index (χ1n) is 32.7. The van der Waals surface area contributed by atoms with E-state index >= 15 is 0 Å². The number of nitrogens with one attached hydrogen (secondary N) is 1. The summed E-state index contributed by atoms with van der Waals surface area (Å²) in [4.78, 5) is 26.5. The monoisotopic (exact) mass is 1110 g/mol. The van der Waals surface area contributed by atoms with E-state index in [2.05, 4.69) is 86.8 Å². The normalized spacial score (nSPS) is 19.3. The molecule has 0 spiro atoms. The van der Waals surface area contributed by atoms with Crippen molar-refractivity contribution < 1.29 is 49.3 Å². The molecule has 6 N–H and O–H groups in total. The highest BCUT2D eigenvalue weighted by atomic mass is 16.7. The third-order valence-corrected chi connectivity index (χ3v) is 15.1. The van der Waals surface area contributed by atoms with Gasteiger partial charge in [0.25, 0.3) is 0 Å². The second kappa shape index (κ2) is 55.6. The summed E-state index contributed by atoms with van der Waals surface area (Å²) in [6.07, 6.45) is 61.0. The predicted octanol–water partition coefficient (Wildman–Crippen LogP) is 16.0. The van der Waals surface area contributed by atoms with Crippen LogP contribution in [0.5, 0.6) is 0 Å². The van der Waals surface area contributed by atoms with Crippen molar-refractivity contribution in [2.24, 2.45) is 0 Å². The lowest BCUT2D eigenvalue weighted by atomic mass is 9.99. The fourth-order valence-electron chi connectivity index (χ4n) is 9.86. The van der Waals surface area contributed by atoms with Crippen molar-refractivity contribution in [1.29, 1.82) is 0 Å². The largest absolute Gasteiger partial charge is 0.454 e. The molecule has 11 nitrogen and oxygen atoms in total. The third-order valence-electron chi connectivity index (χ3n) is 15.1. The summed E-state index contributed by atoms with van der Waals surface area (Å²) < 4.78 is 17.6. The highest BCUT2D eigenvalue weighted by molar-refractivity contribution is 5.80. The molecule has 8 atom stereocenters. The topological polar surface area (TPSA) is 175 Å². The molecule has 8 unspecified atom stereocenters. The third kappa shape index (κ3) is 43.5. The van der Waals surface area contributed by atoms with Gasteiger partial charge >= 0.3 is 5.97 Å². The van der Waals surface area contributed by atoms with Crippen LogP contribution in [0.2, 0.25) is 0 Å². The number of aliphatic hydroxyl groups is 5. The van der Waals surface area contributed by atoms with Crippen molar-refractivity contribution in [1.82, 2.24) is 5.32 Å². The van der Waals surface area contributed by atoms with Gasteiger partial charge in [0, 0.05) is 6.42 Å². The molecular formula is C68H121NO10. The van der Waals surface area contributed by atoms with E-state index in [4.69, 9.17) is 14.2 Å². The number of rotatable bonds is 55. The van der Waals surface area contributed by atoms with Crippen LogP contribution in [0.15, 0.2) is 72.9 Å². The number of hydrogen-bond acceptors (Lipinski definition) is 10. The lowest BCUT2D eigenvalue weighted by Gasteiger charge is -2.41. The van der Waals surface area contributed by atoms with Crippen LogP contribution in [0.1, 0.15) is 284 Å². The minimum atomic E-state index is -1.62. The quantitative estimate of drug-likeness (QED) is 0.0195. The second-order valence-corrected chi connectivity index (χ2v) is 22.5. The molecule has 0 aromatic heterocycles. The molecule has 1 amide bonds. The summed E-state index contributed by atoms with van der Waals surface area (Å²) in [5.74, 6) is -1.21. The predicted molar refractivity (Wildman–Crippen MR) is 329 cm³/mol. The number of esters is 1. The van der Waals surface area contributed by atoms with Gasteiger partial charge < -0.3 is 45.1 Å². The number of carbonyl (C=O) groups excluding carboxylic acids is 2. The van der Waals surface area contributed by atoms with Gasteiger partial charge in [-0.1, -0.05) is 254 Å². The van der Waals surface area contributed by atoms with Crippen LogP contribution >= 0.6 is 0 Å². The SMILES string of the molecule is CCCCC/C=C\C/C=C\C/C=C\C/C=C\CCCCCCCCCCCCCC(=O)OC1C(OCC(NC(=O)C(O)CCCC/C=C\CCCCCCCC)C(O)/C=C/CCCCCCCCCCC)OC(CO)C(O)C1O. The van der Waals surface area contributed by atoms with Crippen LogP contribution in [0.4, 0.5) is 0 Å². The molecule has 11 heteroatoms. The number of amides is 1.